The molecule has 2 aromatic heterocycles. The maximum absolute atomic E-state index is 14.0. The number of ether oxygens (including phenoxy) is 1. The Morgan fingerprint density at radius 3 is 2.51 bits per heavy atom. The molecule has 3 heterocycles. The molecule has 1 aliphatic rings. The van der Waals surface area contributed by atoms with Gasteiger partial charge in [-0.3, -0.25) is 14.5 Å². The SMILES string of the molecule is COC(=O)c1ccc([C@H]2c3c(oc4ccc5ccccc5c4c3=O)C(=O)N2c2cc(C)on2)cc1. The van der Waals surface area contributed by atoms with Crippen molar-refractivity contribution in [1.82, 2.24) is 5.16 Å². The predicted molar refractivity (Wildman–Crippen MR) is 128 cm³/mol. The molecule has 0 aliphatic carbocycles. The fraction of sp³-hybridized carbons (Fsp3) is 0.111. The van der Waals surface area contributed by atoms with E-state index in [0.29, 0.717) is 27.9 Å². The molecule has 35 heavy (non-hydrogen) atoms. The number of anilines is 1. The lowest BCUT2D eigenvalue weighted by Crippen LogP contribution is -2.29. The summed E-state index contributed by atoms with van der Waals surface area (Å²) in [4.78, 5) is 40.9. The van der Waals surface area contributed by atoms with Crippen LogP contribution in [0.15, 0.2) is 80.5 Å². The number of nitrogens with zero attached hydrogens (tertiary/aromatic N) is 2. The first-order valence-corrected chi connectivity index (χ1v) is 10.9. The Bertz CT molecular complexity index is 1710. The van der Waals surface area contributed by atoms with E-state index >= 15 is 0 Å². The molecule has 3 aromatic carbocycles. The van der Waals surface area contributed by atoms with Gasteiger partial charge in [-0.2, -0.15) is 0 Å². The molecule has 0 radical (unpaired) electrons. The molecular formula is C27H18N2O6. The number of aryl methyl sites for hydroxylation is 1. The fourth-order valence-electron chi connectivity index (χ4n) is 4.67. The first-order valence-electron chi connectivity index (χ1n) is 10.9. The summed E-state index contributed by atoms with van der Waals surface area (Å²) in [6.45, 7) is 1.72. The third-order valence-corrected chi connectivity index (χ3v) is 6.27. The Morgan fingerprint density at radius 2 is 1.80 bits per heavy atom. The van der Waals surface area contributed by atoms with Crippen molar-refractivity contribution in [1.29, 1.82) is 0 Å². The average molecular weight is 466 g/mol. The topological polar surface area (TPSA) is 103 Å². The van der Waals surface area contributed by atoms with Gasteiger partial charge in [0, 0.05) is 6.07 Å². The van der Waals surface area contributed by atoms with Crippen LogP contribution in [0.5, 0.6) is 0 Å². The number of methoxy groups -OCH3 is 1. The highest BCUT2D eigenvalue weighted by atomic mass is 16.5. The molecule has 0 N–H and O–H groups in total. The van der Waals surface area contributed by atoms with Crippen LogP contribution >= 0.6 is 0 Å². The molecule has 1 amide bonds. The van der Waals surface area contributed by atoms with Crippen molar-refractivity contribution < 1.29 is 23.3 Å². The first-order chi connectivity index (χ1) is 17.0. The summed E-state index contributed by atoms with van der Waals surface area (Å²) >= 11 is 0. The maximum Gasteiger partial charge on any atom is 0.337 e. The minimum absolute atomic E-state index is 0.0412. The van der Waals surface area contributed by atoms with Crippen LogP contribution in [-0.4, -0.2) is 24.1 Å². The number of benzene rings is 3. The molecule has 0 fully saturated rings. The van der Waals surface area contributed by atoms with E-state index in [0.717, 1.165) is 10.8 Å². The minimum atomic E-state index is -0.826. The van der Waals surface area contributed by atoms with Gasteiger partial charge in [-0.15, -0.1) is 0 Å². The van der Waals surface area contributed by atoms with Crippen LogP contribution in [0.4, 0.5) is 5.82 Å². The van der Waals surface area contributed by atoms with Gasteiger partial charge in [0.05, 0.1) is 29.7 Å². The number of amides is 1. The van der Waals surface area contributed by atoms with Gasteiger partial charge in [-0.25, -0.2) is 4.79 Å². The van der Waals surface area contributed by atoms with Crippen LogP contribution < -0.4 is 10.3 Å². The molecule has 1 atom stereocenters. The Hall–Kier alpha value is -4.72. The third-order valence-electron chi connectivity index (χ3n) is 6.27. The van der Waals surface area contributed by atoms with Crippen LogP contribution in [0.2, 0.25) is 0 Å². The third kappa shape index (κ3) is 3.07. The van der Waals surface area contributed by atoms with Crippen LogP contribution in [-0.2, 0) is 4.74 Å². The van der Waals surface area contributed by atoms with Gasteiger partial charge < -0.3 is 13.7 Å². The van der Waals surface area contributed by atoms with E-state index in [4.69, 9.17) is 13.7 Å². The van der Waals surface area contributed by atoms with Crippen LogP contribution in [0.25, 0.3) is 21.7 Å². The van der Waals surface area contributed by atoms with Crippen LogP contribution in [0.3, 0.4) is 0 Å². The van der Waals surface area contributed by atoms with E-state index in [-0.39, 0.29) is 22.6 Å². The highest BCUT2D eigenvalue weighted by molar-refractivity contribution is 6.12. The number of carbonyl (C=O) groups excluding carboxylic acids is 2. The molecule has 1 aliphatic heterocycles. The van der Waals surface area contributed by atoms with Crippen molar-refractivity contribution in [2.24, 2.45) is 0 Å². The lowest BCUT2D eigenvalue weighted by atomic mass is 9.96. The number of esters is 1. The average Bonchev–Trinajstić information content (AvgIpc) is 3.44. The van der Waals surface area contributed by atoms with Gasteiger partial charge in [0.15, 0.2) is 11.2 Å². The fourth-order valence-corrected chi connectivity index (χ4v) is 4.67. The van der Waals surface area contributed by atoms with E-state index < -0.39 is 17.9 Å². The molecular weight excluding hydrogens is 448 g/mol. The van der Waals surface area contributed by atoms with Gasteiger partial charge >= 0.3 is 5.97 Å². The quantitative estimate of drug-likeness (QED) is 0.278. The molecule has 0 saturated carbocycles. The van der Waals surface area contributed by atoms with Crippen molar-refractivity contribution in [3.63, 3.8) is 0 Å². The largest absolute Gasteiger partial charge is 0.465 e. The Morgan fingerprint density at radius 1 is 1.03 bits per heavy atom. The molecule has 172 valence electrons. The van der Waals surface area contributed by atoms with E-state index in [1.165, 1.54) is 12.0 Å². The first kappa shape index (κ1) is 20.9. The summed E-state index contributed by atoms with van der Waals surface area (Å²) in [5.74, 6) is -0.253. The molecule has 6 rings (SSSR count). The molecule has 0 saturated heterocycles. The maximum atomic E-state index is 14.0. The van der Waals surface area contributed by atoms with E-state index in [9.17, 15) is 14.4 Å². The number of rotatable bonds is 3. The normalized spacial score (nSPS) is 15.1. The van der Waals surface area contributed by atoms with Crippen molar-refractivity contribution in [3.05, 3.63) is 105 Å². The van der Waals surface area contributed by atoms with Crippen LogP contribution in [0.1, 0.15) is 43.8 Å². The second-order valence-corrected chi connectivity index (χ2v) is 8.32. The predicted octanol–water partition coefficient (Wildman–Crippen LogP) is 4.78. The zero-order valence-corrected chi connectivity index (χ0v) is 18.8. The highest BCUT2D eigenvalue weighted by Gasteiger charge is 2.45. The summed E-state index contributed by atoms with van der Waals surface area (Å²) < 4.78 is 16.1. The molecule has 0 spiro atoms. The Balaban J connectivity index is 1.64. The van der Waals surface area contributed by atoms with Crippen LogP contribution in [0, 0.1) is 6.92 Å². The Labute approximate surface area is 198 Å². The Kier molecular flexibility index (Phi) is 4.57. The van der Waals surface area contributed by atoms with Crippen molar-refractivity contribution >= 4 is 39.4 Å². The lowest BCUT2D eigenvalue weighted by Gasteiger charge is -2.22. The standard InChI is InChI=1S/C27H18N2O6/c1-14-13-20(28-35-14)29-23(16-7-9-17(10-8-16)27(32)33-2)22-24(30)21-18-6-4-3-5-15(18)11-12-19(21)34-25(22)26(29)31/h3-13,23H,1-2H3/t23-/m0/s1. The van der Waals surface area contributed by atoms with Gasteiger partial charge in [-0.05, 0) is 41.5 Å². The molecule has 8 nitrogen and oxygen atoms in total. The zero-order valence-electron chi connectivity index (χ0n) is 18.8. The lowest BCUT2D eigenvalue weighted by molar-refractivity contribution is 0.0600. The summed E-state index contributed by atoms with van der Waals surface area (Å²) in [6.07, 6.45) is 0. The van der Waals surface area contributed by atoms with Crippen molar-refractivity contribution in [3.8, 4) is 0 Å². The highest BCUT2D eigenvalue weighted by Crippen LogP contribution is 2.41. The van der Waals surface area contributed by atoms with E-state index in [2.05, 4.69) is 5.16 Å². The molecule has 0 bridgehead atoms. The van der Waals surface area contributed by atoms with Gasteiger partial charge in [0.2, 0.25) is 5.76 Å². The number of hydrogen-bond acceptors (Lipinski definition) is 7. The molecule has 8 heteroatoms. The monoisotopic (exact) mass is 466 g/mol. The second kappa shape index (κ2) is 7.66. The summed E-state index contributed by atoms with van der Waals surface area (Å²) in [7, 11) is 1.30. The number of aromatic nitrogens is 1. The smallest absolute Gasteiger partial charge is 0.337 e. The van der Waals surface area contributed by atoms with Gasteiger partial charge in [-0.1, -0.05) is 47.6 Å². The minimum Gasteiger partial charge on any atom is -0.465 e. The van der Waals surface area contributed by atoms with Gasteiger partial charge in [0.1, 0.15) is 11.3 Å². The number of carbonyl (C=O) groups is 2. The second-order valence-electron chi connectivity index (χ2n) is 8.32. The van der Waals surface area contributed by atoms with Crippen molar-refractivity contribution in [2.75, 3.05) is 12.0 Å². The number of fused-ring (bicyclic) bond motifs is 4. The summed E-state index contributed by atoms with van der Waals surface area (Å²) in [5.41, 5.74) is 1.21. The molecule has 5 aromatic rings. The van der Waals surface area contributed by atoms with E-state index in [1.807, 2.05) is 30.3 Å². The van der Waals surface area contributed by atoms with E-state index in [1.54, 1.807) is 43.3 Å². The summed E-state index contributed by atoms with van der Waals surface area (Å²) in [6, 6.07) is 18.4. The van der Waals surface area contributed by atoms with Crippen molar-refractivity contribution in [2.45, 2.75) is 13.0 Å². The molecule has 0 unspecified atom stereocenters. The number of hydrogen-bond donors (Lipinski definition) is 0. The zero-order chi connectivity index (χ0) is 24.3. The summed E-state index contributed by atoms with van der Waals surface area (Å²) in [5, 5.41) is 6.06. The van der Waals surface area contributed by atoms with Gasteiger partial charge in [0.25, 0.3) is 5.91 Å².